The summed E-state index contributed by atoms with van der Waals surface area (Å²) in [6.45, 7) is 0.763. The van der Waals surface area contributed by atoms with Gasteiger partial charge in [0.05, 0.1) is 0 Å². The van der Waals surface area contributed by atoms with E-state index in [9.17, 15) is 4.79 Å². The average Bonchev–Trinajstić information content (AvgIpc) is 2.40. The van der Waals surface area contributed by atoms with Crippen LogP contribution in [0.15, 0.2) is 48.7 Å². The third-order valence-corrected chi connectivity index (χ3v) is 2.58. The quantitative estimate of drug-likeness (QED) is 0.839. The largest absolute Gasteiger partial charge is 0.385 e. The predicted octanol–water partition coefficient (Wildman–Crippen LogP) is 1.84. The molecule has 0 aliphatic carbocycles. The first kappa shape index (κ1) is 12.1. The van der Waals surface area contributed by atoms with Crippen LogP contribution in [0.25, 0.3) is 0 Å². The topological polar surface area (TPSA) is 68.0 Å². The number of rotatable bonds is 5. The molecule has 2 rings (SSSR count). The highest BCUT2D eigenvalue weighted by molar-refractivity contribution is 5.93. The van der Waals surface area contributed by atoms with E-state index < -0.39 is 5.91 Å². The minimum Gasteiger partial charge on any atom is -0.385 e. The van der Waals surface area contributed by atoms with Crippen LogP contribution in [0.1, 0.15) is 16.1 Å². The lowest BCUT2D eigenvalue weighted by atomic mass is 10.2. The van der Waals surface area contributed by atoms with Gasteiger partial charge in [0.1, 0.15) is 0 Å². The van der Waals surface area contributed by atoms with Gasteiger partial charge < -0.3 is 11.1 Å². The number of aromatic nitrogens is 1. The van der Waals surface area contributed by atoms with E-state index in [1.165, 1.54) is 0 Å². The highest BCUT2D eigenvalue weighted by Gasteiger charge is 2.00. The number of carbonyl (C=O) groups excluding carboxylic acids is 1. The Bertz CT molecular complexity index is 526. The van der Waals surface area contributed by atoms with Crippen LogP contribution in [0.2, 0.25) is 0 Å². The van der Waals surface area contributed by atoms with Crippen molar-refractivity contribution in [1.82, 2.24) is 4.98 Å². The first-order valence-corrected chi connectivity index (χ1v) is 5.79. The Kier molecular flexibility index (Phi) is 3.91. The fraction of sp³-hybridized carbons (Fsp3) is 0.143. The van der Waals surface area contributed by atoms with E-state index in [-0.39, 0.29) is 0 Å². The maximum absolute atomic E-state index is 11.0. The molecule has 18 heavy (non-hydrogen) atoms. The fourth-order valence-corrected chi connectivity index (χ4v) is 1.66. The summed E-state index contributed by atoms with van der Waals surface area (Å²) in [6, 6.07) is 13.0. The summed E-state index contributed by atoms with van der Waals surface area (Å²) in [6.07, 6.45) is 2.62. The van der Waals surface area contributed by atoms with Crippen molar-refractivity contribution >= 4 is 11.6 Å². The summed E-state index contributed by atoms with van der Waals surface area (Å²) in [5.74, 6) is -0.414. The Labute approximate surface area is 106 Å². The van der Waals surface area contributed by atoms with Gasteiger partial charge in [-0.15, -0.1) is 0 Å². The number of anilines is 1. The molecule has 0 fully saturated rings. The Morgan fingerprint density at radius 2 is 2.11 bits per heavy atom. The number of amides is 1. The van der Waals surface area contributed by atoms with Gasteiger partial charge in [-0.3, -0.25) is 9.78 Å². The molecule has 0 saturated heterocycles. The highest BCUT2D eigenvalue weighted by atomic mass is 16.1. The molecular formula is C14H15N3O. The van der Waals surface area contributed by atoms with Crippen molar-refractivity contribution in [2.75, 3.05) is 11.9 Å². The first-order valence-electron chi connectivity index (χ1n) is 5.79. The molecule has 0 atom stereocenters. The number of carbonyl (C=O) groups is 1. The second kappa shape index (κ2) is 5.82. The third-order valence-electron chi connectivity index (χ3n) is 2.58. The number of nitrogens with zero attached hydrogens (tertiary/aromatic N) is 1. The molecule has 3 N–H and O–H groups in total. The zero-order valence-electron chi connectivity index (χ0n) is 9.97. The minimum absolute atomic E-state index is 0.414. The molecule has 2 aromatic rings. The number of nitrogens with one attached hydrogen (secondary N) is 1. The standard InChI is InChI=1S/C14H15N3O/c15-14(18)11-4-3-6-13(10-11)17-9-7-12-5-1-2-8-16-12/h1-6,8,10,17H,7,9H2,(H2,15,18). The lowest BCUT2D eigenvalue weighted by Crippen LogP contribution is -2.12. The van der Waals surface area contributed by atoms with Gasteiger partial charge in [-0.2, -0.15) is 0 Å². The van der Waals surface area contributed by atoms with Crippen LogP contribution in [0.4, 0.5) is 5.69 Å². The lowest BCUT2D eigenvalue weighted by Gasteiger charge is -2.06. The molecule has 0 bridgehead atoms. The Morgan fingerprint density at radius 1 is 1.22 bits per heavy atom. The number of pyridine rings is 1. The van der Waals surface area contributed by atoms with Crippen molar-refractivity contribution in [3.63, 3.8) is 0 Å². The van der Waals surface area contributed by atoms with Crippen LogP contribution >= 0.6 is 0 Å². The molecule has 0 aliphatic rings. The molecule has 4 nitrogen and oxygen atoms in total. The smallest absolute Gasteiger partial charge is 0.248 e. The number of nitrogens with two attached hydrogens (primary N) is 1. The van der Waals surface area contributed by atoms with Crippen molar-refractivity contribution in [1.29, 1.82) is 0 Å². The molecule has 1 aromatic carbocycles. The SMILES string of the molecule is NC(=O)c1cccc(NCCc2ccccn2)c1. The summed E-state index contributed by atoms with van der Waals surface area (Å²) in [7, 11) is 0. The van der Waals surface area contributed by atoms with E-state index in [1.807, 2.05) is 30.3 Å². The summed E-state index contributed by atoms with van der Waals surface area (Å²) in [4.78, 5) is 15.3. The third kappa shape index (κ3) is 3.31. The highest BCUT2D eigenvalue weighted by Crippen LogP contribution is 2.10. The van der Waals surface area contributed by atoms with Crippen molar-refractivity contribution in [3.05, 3.63) is 59.9 Å². The van der Waals surface area contributed by atoms with E-state index in [4.69, 9.17) is 5.73 Å². The molecule has 0 aliphatic heterocycles. The van der Waals surface area contributed by atoms with Crippen LogP contribution in [0, 0.1) is 0 Å². The zero-order valence-corrected chi connectivity index (χ0v) is 9.97. The van der Waals surface area contributed by atoms with Crippen LogP contribution in [-0.2, 0) is 6.42 Å². The molecule has 0 radical (unpaired) electrons. The molecular weight excluding hydrogens is 226 g/mol. The van der Waals surface area contributed by atoms with Gasteiger partial charge in [-0.05, 0) is 30.3 Å². The zero-order chi connectivity index (χ0) is 12.8. The molecule has 0 unspecified atom stereocenters. The van der Waals surface area contributed by atoms with E-state index in [0.29, 0.717) is 5.56 Å². The fourth-order valence-electron chi connectivity index (χ4n) is 1.66. The Balaban J connectivity index is 1.90. The van der Waals surface area contributed by atoms with Crippen molar-refractivity contribution < 1.29 is 4.79 Å². The number of primary amides is 1. The summed E-state index contributed by atoms with van der Waals surface area (Å²) in [5.41, 5.74) is 7.67. The van der Waals surface area contributed by atoms with Gasteiger partial charge in [-0.1, -0.05) is 12.1 Å². The number of benzene rings is 1. The Morgan fingerprint density at radius 3 is 2.83 bits per heavy atom. The van der Waals surface area contributed by atoms with Gasteiger partial charge in [0.15, 0.2) is 0 Å². The second-order valence-corrected chi connectivity index (χ2v) is 3.94. The molecule has 0 saturated carbocycles. The first-order chi connectivity index (χ1) is 8.75. The van der Waals surface area contributed by atoms with Crippen LogP contribution < -0.4 is 11.1 Å². The van der Waals surface area contributed by atoms with Crippen molar-refractivity contribution in [2.24, 2.45) is 5.73 Å². The summed E-state index contributed by atoms with van der Waals surface area (Å²) in [5, 5.41) is 3.24. The van der Waals surface area contributed by atoms with E-state index in [1.54, 1.807) is 18.3 Å². The molecule has 92 valence electrons. The second-order valence-electron chi connectivity index (χ2n) is 3.94. The monoisotopic (exact) mass is 241 g/mol. The molecule has 1 amide bonds. The number of hydrogen-bond acceptors (Lipinski definition) is 3. The predicted molar refractivity (Wildman–Crippen MR) is 71.4 cm³/mol. The van der Waals surface area contributed by atoms with Gasteiger partial charge in [-0.25, -0.2) is 0 Å². The maximum Gasteiger partial charge on any atom is 0.248 e. The van der Waals surface area contributed by atoms with E-state index >= 15 is 0 Å². The van der Waals surface area contributed by atoms with Crippen molar-refractivity contribution in [2.45, 2.75) is 6.42 Å². The van der Waals surface area contributed by atoms with E-state index in [0.717, 1.165) is 24.3 Å². The number of hydrogen-bond donors (Lipinski definition) is 2. The van der Waals surface area contributed by atoms with E-state index in [2.05, 4.69) is 10.3 Å². The maximum atomic E-state index is 11.0. The Hall–Kier alpha value is -2.36. The van der Waals surface area contributed by atoms with Gasteiger partial charge >= 0.3 is 0 Å². The average molecular weight is 241 g/mol. The normalized spacial score (nSPS) is 10.0. The summed E-state index contributed by atoms with van der Waals surface area (Å²) >= 11 is 0. The molecule has 1 heterocycles. The van der Waals surface area contributed by atoms with Gasteiger partial charge in [0.2, 0.25) is 5.91 Å². The van der Waals surface area contributed by atoms with Crippen LogP contribution in [0.5, 0.6) is 0 Å². The van der Waals surface area contributed by atoms with Gasteiger partial charge in [0, 0.05) is 36.1 Å². The minimum atomic E-state index is -0.414. The van der Waals surface area contributed by atoms with Gasteiger partial charge in [0.25, 0.3) is 0 Å². The van der Waals surface area contributed by atoms with Crippen molar-refractivity contribution in [3.8, 4) is 0 Å². The summed E-state index contributed by atoms with van der Waals surface area (Å²) < 4.78 is 0. The molecule has 0 spiro atoms. The van der Waals surface area contributed by atoms with Crippen LogP contribution in [-0.4, -0.2) is 17.4 Å². The molecule has 1 aromatic heterocycles. The lowest BCUT2D eigenvalue weighted by molar-refractivity contribution is 0.100. The molecule has 4 heteroatoms. The van der Waals surface area contributed by atoms with Crippen LogP contribution in [0.3, 0.4) is 0 Å².